The highest BCUT2D eigenvalue weighted by Crippen LogP contribution is 1.97. The maximum Gasteiger partial charge on any atom is 0.260 e. The summed E-state index contributed by atoms with van der Waals surface area (Å²) in [7, 11) is 0. The first-order valence-electron chi connectivity index (χ1n) is 5.92. The molecule has 0 atom stereocenters. The van der Waals surface area contributed by atoms with Gasteiger partial charge in [-0.2, -0.15) is 0 Å². The summed E-state index contributed by atoms with van der Waals surface area (Å²) in [6.07, 6.45) is 7.53. The SMILES string of the molecule is CCCC=C(C)C(=O)NNCCCCC. The van der Waals surface area contributed by atoms with Crippen LogP contribution in [0.4, 0.5) is 0 Å². The first kappa shape index (κ1) is 14.2. The molecule has 3 nitrogen and oxygen atoms in total. The zero-order chi connectivity index (χ0) is 11.5. The lowest BCUT2D eigenvalue weighted by Crippen LogP contribution is -2.38. The van der Waals surface area contributed by atoms with Gasteiger partial charge in [-0.15, -0.1) is 0 Å². The van der Waals surface area contributed by atoms with E-state index in [0.29, 0.717) is 0 Å². The van der Waals surface area contributed by atoms with E-state index in [0.717, 1.165) is 31.4 Å². The van der Waals surface area contributed by atoms with Crippen molar-refractivity contribution in [2.45, 2.75) is 52.9 Å². The van der Waals surface area contributed by atoms with Crippen molar-refractivity contribution >= 4 is 5.91 Å². The van der Waals surface area contributed by atoms with Gasteiger partial charge in [-0.25, -0.2) is 5.43 Å². The molecule has 0 radical (unpaired) electrons. The van der Waals surface area contributed by atoms with Gasteiger partial charge in [0.05, 0.1) is 0 Å². The van der Waals surface area contributed by atoms with Crippen LogP contribution < -0.4 is 10.9 Å². The quantitative estimate of drug-likeness (QED) is 0.369. The normalized spacial score (nSPS) is 11.5. The van der Waals surface area contributed by atoms with Gasteiger partial charge in [0.15, 0.2) is 0 Å². The number of unbranched alkanes of at least 4 members (excludes halogenated alkanes) is 3. The van der Waals surface area contributed by atoms with Gasteiger partial charge in [-0.1, -0.05) is 39.2 Å². The monoisotopic (exact) mass is 212 g/mol. The fourth-order valence-corrected chi connectivity index (χ4v) is 1.16. The minimum absolute atomic E-state index is 0.0139. The Bertz CT molecular complexity index is 200. The second-order valence-electron chi connectivity index (χ2n) is 3.76. The second-order valence-corrected chi connectivity index (χ2v) is 3.76. The molecule has 0 aromatic carbocycles. The van der Waals surface area contributed by atoms with Crippen molar-refractivity contribution in [3.8, 4) is 0 Å². The number of hydrogen-bond donors (Lipinski definition) is 2. The zero-order valence-corrected chi connectivity index (χ0v) is 10.2. The third-order valence-corrected chi connectivity index (χ3v) is 2.20. The predicted octanol–water partition coefficient (Wildman–Crippen LogP) is 2.54. The van der Waals surface area contributed by atoms with Gasteiger partial charge < -0.3 is 0 Å². The topological polar surface area (TPSA) is 41.1 Å². The maximum atomic E-state index is 11.4. The predicted molar refractivity (Wildman–Crippen MR) is 64.3 cm³/mol. The summed E-state index contributed by atoms with van der Waals surface area (Å²) in [6.45, 7) is 6.96. The Hall–Kier alpha value is -0.830. The summed E-state index contributed by atoms with van der Waals surface area (Å²) < 4.78 is 0. The summed E-state index contributed by atoms with van der Waals surface area (Å²) in [5.74, 6) is -0.0139. The minimum Gasteiger partial charge on any atom is -0.288 e. The highest BCUT2D eigenvalue weighted by Gasteiger charge is 2.01. The lowest BCUT2D eigenvalue weighted by molar-refractivity contribution is -0.118. The molecule has 0 heterocycles. The molecule has 15 heavy (non-hydrogen) atoms. The lowest BCUT2D eigenvalue weighted by Gasteiger charge is -2.06. The standard InChI is InChI=1S/C12H24N2O/c1-4-6-8-10-13-14-12(15)11(3)9-7-5-2/h9,13H,4-8,10H2,1-3H3,(H,14,15). The molecule has 0 aromatic rings. The summed E-state index contributed by atoms with van der Waals surface area (Å²) in [6, 6.07) is 0. The van der Waals surface area contributed by atoms with Gasteiger partial charge in [0.2, 0.25) is 0 Å². The van der Waals surface area contributed by atoms with Crippen molar-refractivity contribution in [1.82, 2.24) is 10.9 Å². The molecule has 0 aliphatic rings. The van der Waals surface area contributed by atoms with E-state index in [-0.39, 0.29) is 5.91 Å². The Labute approximate surface area is 93.3 Å². The highest BCUT2D eigenvalue weighted by atomic mass is 16.2. The first-order chi connectivity index (χ1) is 7.22. The van der Waals surface area contributed by atoms with Crippen LogP contribution in [0.3, 0.4) is 0 Å². The number of allylic oxidation sites excluding steroid dienone is 1. The molecular formula is C12H24N2O. The highest BCUT2D eigenvalue weighted by molar-refractivity contribution is 5.92. The molecule has 0 saturated carbocycles. The molecule has 0 saturated heterocycles. The van der Waals surface area contributed by atoms with E-state index in [1.807, 2.05) is 13.0 Å². The molecular weight excluding hydrogens is 188 g/mol. The Morgan fingerprint density at radius 1 is 1.20 bits per heavy atom. The maximum absolute atomic E-state index is 11.4. The van der Waals surface area contributed by atoms with E-state index in [2.05, 4.69) is 24.7 Å². The smallest absolute Gasteiger partial charge is 0.260 e. The van der Waals surface area contributed by atoms with Gasteiger partial charge >= 0.3 is 0 Å². The largest absolute Gasteiger partial charge is 0.288 e. The summed E-state index contributed by atoms with van der Waals surface area (Å²) in [5, 5.41) is 0. The Kier molecular flexibility index (Phi) is 9.18. The van der Waals surface area contributed by atoms with Gasteiger partial charge in [0.1, 0.15) is 0 Å². The van der Waals surface area contributed by atoms with Crippen LogP contribution in [0.1, 0.15) is 52.9 Å². The number of carbonyl (C=O) groups excluding carboxylic acids is 1. The fourth-order valence-electron chi connectivity index (χ4n) is 1.16. The fraction of sp³-hybridized carbons (Fsp3) is 0.750. The summed E-state index contributed by atoms with van der Waals surface area (Å²) >= 11 is 0. The van der Waals surface area contributed by atoms with E-state index in [9.17, 15) is 4.79 Å². The Morgan fingerprint density at radius 3 is 2.53 bits per heavy atom. The second kappa shape index (κ2) is 9.71. The molecule has 0 fully saturated rings. The van der Waals surface area contributed by atoms with Crippen LogP contribution in [0.15, 0.2) is 11.6 Å². The van der Waals surface area contributed by atoms with Crippen LogP contribution in [0.5, 0.6) is 0 Å². The average Bonchev–Trinajstić information content (AvgIpc) is 2.25. The van der Waals surface area contributed by atoms with Crippen LogP contribution in [0.2, 0.25) is 0 Å². The van der Waals surface area contributed by atoms with Gasteiger partial charge in [-0.3, -0.25) is 10.2 Å². The van der Waals surface area contributed by atoms with Crippen molar-refractivity contribution in [3.05, 3.63) is 11.6 Å². The van der Waals surface area contributed by atoms with Gasteiger partial charge in [0, 0.05) is 12.1 Å². The molecule has 0 aliphatic heterocycles. The Morgan fingerprint density at radius 2 is 1.93 bits per heavy atom. The minimum atomic E-state index is -0.0139. The summed E-state index contributed by atoms with van der Waals surface area (Å²) in [4.78, 5) is 11.4. The van der Waals surface area contributed by atoms with Crippen LogP contribution in [0.25, 0.3) is 0 Å². The van der Waals surface area contributed by atoms with Crippen LogP contribution in [0, 0.1) is 0 Å². The van der Waals surface area contributed by atoms with Crippen molar-refractivity contribution in [2.75, 3.05) is 6.54 Å². The lowest BCUT2D eigenvalue weighted by atomic mass is 10.2. The molecule has 3 heteroatoms. The van der Waals surface area contributed by atoms with E-state index in [1.54, 1.807) is 0 Å². The number of hydrogen-bond acceptors (Lipinski definition) is 2. The zero-order valence-electron chi connectivity index (χ0n) is 10.2. The van der Waals surface area contributed by atoms with E-state index in [1.165, 1.54) is 12.8 Å². The molecule has 2 N–H and O–H groups in total. The number of amides is 1. The first-order valence-corrected chi connectivity index (χ1v) is 5.92. The summed E-state index contributed by atoms with van der Waals surface area (Å²) in [5.41, 5.74) is 6.42. The molecule has 1 amide bonds. The molecule has 0 aromatic heterocycles. The van der Waals surface area contributed by atoms with Crippen molar-refractivity contribution in [2.24, 2.45) is 0 Å². The van der Waals surface area contributed by atoms with E-state index >= 15 is 0 Å². The number of hydrazine groups is 1. The number of carbonyl (C=O) groups is 1. The van der Waals surface area contributed by atoms with E-state index in [4.69, 9.17) is 0 Å². The average molecular weight is 212 g/mol. The van der Waals surface area contributed by atoms with E-state index < -0.39 is 0 Å². The van der Waals surface area contributed by atoms with Crippen LogP contribution >= 0.6 is 0 Å². The number of rotatable bonds is 8. The third kappa shape index (κ3) is 8.18. The molecule has 0 aliphatic carbocycles. The third-order valence-electron chi connectivity index (χ3n) is 2.20. The van der Waals surface area contributed by atoms with Crippen LogP contribution in [-0.4, -0.2) is 12.5 Å². The van der Waals surface area contributed by atoms with Crippen molar-refractivity contribution in [1.29, 1.82) is 0 Å². The molecule has 0 unspecified atom stereocenters. The Balaban J connectivity index is 3.55. The van der Waals surface area contributed by atoms with Gasteiger partial charge in [0.25, 0.3) is 5.91 Å². The van der Waals surface area contributed by atoms with Crippen LogP contribution in [-0.2, 0) is 4.79 Å². The molecule has 0 bridgehead atoms. The van der Waals surface area contributed by atoms with Crippen molar-refractivity contribution < 1.29 is 4.79 Å². The molecule has 0 spiro atoms. The molecule has 88 valence electrons. The van der Waals surface area contributed by atoms with Gasteiger partial charge in [-0.05, 0) is 19.8 Å². The molecule has 0 rings (SSSR count). The van der Waals surface area contributed by atoms with Crippen molar-refractivity contribution in [3.63, 3.8) is 0 Å². The number of nitrogens with one attached hydrogen (secondary N) is 2.